The van der Waals surface area contributed by atoms with Crippen LogP contribution >= 0.6 is 0 Å². The maximum Gasteiger partial charge on any atom is 0.0860 e. The van der Waals surface area contributed by atoms with Crippen LogP contribution in [-0.2, 0) is 6.54 Å². The Morgan fingerprint density at radius 2 is 1.92 bits per heavy atom. The summed E-state index contributed by atoms with van der Waals surface area (Å²) in [6.07, 6.45) is 4.82. The van der Waals surface area contributed by atoms with Gasteiger partial charge in [-0.25, -0.2) is 0 Å². The normalized spacial score (nSPS) is 13.6. The van der Waals surface area contributed by atoms with Crippen LogP contribution in [0.15, 0.2) is 67.1 Å². The summed E-state index contributed by atoms with van der Waals surface area (Å²) in [5.74, 6) is 0. The third-order valence-corrected chi connectivity index (χ3v) is 3.91. The second-order valence-corrected chi connectivity index (χ2v) is 5.89. The number of rotatable bonds is 7. The van der Waals surface area contributed by atoms with E-state index in [2.05, 4.69) is 46.6 Å². The van der Waals surface area contributed by atoms with E-state index in [1.54, 1.807) is 17.1 Å². The van der Waals surface area contributed by atoms with Crippen LogP contribution in [0, 0.1) is 6.92 Å². The molecule has 5 nitrogen and oxygen atoms in total. The molecule has 2 unspecified atom stereocenters. The second kappa shape index (κ2) is 7.86. The van der Waals surface area contributed by atoms with Gasteiger partial charge in [-0.3, -0.25) is 9.67 Å². The molecule has 3 aromatic rings. The number of aryl methyl sites for hydroxylation is 1. The van der Waals surface area contributed by atoms with E-state index >= 15 is 0 Å². The molecule has 0 saturated carbocycles. The molecule has 1 aromatic carbocycles. The minimum atomic E-state index is -0.526. The lowest BCUT2D eigenvalue weighted by Crippen LogP contribution is -2.34. The summed E-state index contributed by atoms with van der Waals surface area (Å²) in [6.45, 7) is 2.98. The molecule has 124 valence electrons. The second-order valence-electron chi connectivity index (χ2n) is 5.89. The van der Waals surface area contributed by atoms with Crippen LogP contribution in [0.5, 0.6) is 0 Å². The molecule has 0 aliphatic heterocycles. The van der Waals surface area contributed by atoms with E-state index < -0.39 is 6.10 Å². The summed E-state index contributed by atoms with van der Waals surface area (Å²) in [7, 11) is 0. The fourth-order valence-corrected chi connectivity index (χ4v) is 2.64. The molecule has 3 rings (SSSR count). The fourth-order valence-electron chi connectivity index (χ4n) is 2.64. The molecule has 0 spiro atoms. The number of nitrogens with one attached hydrogen (secondary N) is 1. The number of aromatic nitrogens is 3. The zero-order valence-corrected chi connectivity index (χ0v) is 13.7. The van der Waals surface area contributed by atoms with Crippen molar-refractivity contribution in [2.45, 2.75) is 25.6 Å². The van der Waals surface area contributed by atoms with Gasteiger partial charge in [-0.05, 0) is 30.7 Å². The van der Waals surface area contributed by atoms with E-state index in [4.69, 9.17) is 0 Å². The summed E-state index contributed by atoms with van der Waals surface area (Å²) in [5.41, 5.74) is 3.29. The first-order valence-electron chi connectivity index (χ1n) is 8.09. The summed E-state index contributed by atoms with van der Waals surface area (Å²) in [5, 5.41) is 17.8. The highest BCUT2D eigenvalue weighted by atomic mass is 16.3. The van der Waals surface area contributed by atoms with Crippen molar-refractivity contribution < 1.29 is 5.11 Å². The third kappa shape index (κ3) is 4.28. The molecule has 2 aromatic heterocycles. The lowest BCUT2D eigenvalue weighted by atomic mass is 10.0. The van der Waals surface area contributed by atoms with Gasteiger partial charge in [-0.1, -0.05) is 35.9 Å². The van der Waals surface area contributed by atoms with Crippen molar-refractivity contribution >= 4 is 0 Å². The first-order valence-corrected chi connectivity index (χ1v) is 8.09. The highest BCUT2D eigenvalue weighted by Gasteiger charge is 2.16. The van der Waals surface area contributed by atoms with Gasteiger partial charge in [0.15, 0.2) is 0 Å². The molecular weight excluding hydrogens is 300 g/mol. The third-order valence-electron chi connectivity index (χ3n) is 3.91. The number of pyridine rings is 1. The van der Waals surface area contributed by atoms with Gasteiger partial charge in [0.05, 0.1) is 24.4 Å². The monoisotopic (exact) mass is 322 g/mol. The minimum Gasteiger partial charge on any atom is -0.390 e. The highest BCUT2D eigenvalue weighted by Crippen LogP contribution is 2.20. The molecule has 0 fully saturated rings. The Hall–Kier alpha value is -2.50. The Balaban J connectivity index is 1.71. The average Bonchev–Trinajstić information content (AvgIpc) is 3.10. The van der Waals surface area contributed by atoms with Gasteiger partial charge >= 0.3 is 0 Å². The van der Waals surface area contributed by atoms with Gasteiger partial charge in [0.2, 0.25) is 0 Å². The summed E-state index contributed by atoms with van der Waals surface area (Å²) >= 11 is 0. The zero-order chi connectivity index (χ0) is 16.8. The van der Waals surface area contributed by atoms with Crippen molar-refractivity contribution in [3.8, 4) is 0 Å². The molecule has 0 aliphatic carbocycles. The van der Waals surface area contributed by atoms with Crippen LogP contribution in [0.1, 0.15) is 22.9 Å². The lowest BCUT2D eigenvalue weighted by molar-refractivity contribution is 0.144. The Bertz CT molecular complexity index is 726. The largest absolute Gasteiger partial charge is 0.390 e. The van der Waals surface area contributed by atoms with Crippen LogP contribution < -0.4 is 5.32 Å². The molecule has 2 heterocycles. The molecule has 0 saturated heterocycles. The van der Waals surface area contributed by atoms with Crippen molar-refractivity contribution in [3.05, 3.63) is 83.9 Å². The Morgan fingerprint density at radius 1 is 1.08 bits per heavy atom. The minimum absolute atomic E-state index is 0.0564. The van der Waals surface area contributed by atoms with Gasteiger partial charge < -0.3 is 10.4 Å². The molecule has 0 aliphatic rings. The van der Waals surface area contributed by atoms with E-state index in [9.17, 15) is 5.11 Å². The highest BCUT2D eigenvalue weighted by molar-refractivity contribution is 5.30. The van der Waals surface area contributed by atoms with Crippen molar-refractivity contribution in [3.63, 3.8) is 0 Å². The van der Waals surface area contributed by atoms with E-state index in [-0.39, 0.29) is 6.04 Å². The number of hydrogen-bond donors (Lipinski definition) is 2. The SMILES string of the molecule is Cc1ccc(C(NCC(O)Cn2cccn2)c2ccccn2)cc1. The Morgan fingerprint density at radius 3 is 2.58 bits per heavy atom. The van der Waals surface area contributed by atoms with Gasteiger partial charge in [0.25, 0.3) is 0 Å². The molecule has 0 radical (unpaired) electrons. The first kappa shape index (κ1) is 16.4. The van der Waals surface area contributed by atoms with Crippen LogP contribution in [-0.4, -0.2) is 32.5 Å². The molecule has 2 atom stereocenters. The van der Waals surface area contributed by atoms with Crippen LogP contribution in [0.25, 0.3) is 0 Å². The maximum atomic E-state index is 10.3. The quantitative estimate of drug-likeness (QED) is 0.701. The van der Waals surface area contributed by atoms with Gasteiger partial charge in [0, 0.05) is 25.1 Å². The van der Waals surface area contributed by atoms with Gasteiger partial charge in [0.1, 0.15) is 0 Å². The molecular formula is C19H22N4O. The predicted molar refractivity (Wildman–Crippen MR) is 93.5 cm³/mol. The van der Waals surface area contributed by atoms with E-state index in [0.717, 1.165) is 11.3 Å². The standard InChI is InChI=1S/C19H22N4O/c1-15-6-8-16(9-7-15)19(18-5-2-3-10-20-18)21-13-17(24)14-23-12-4-11-22-23/h2-12,17,19,21,24H,13-14H2,1H3. The Kier molecular flexibility index (Phi) is 5.36. The van der Waals surface area contributed by atoms with Crippen LogP contribution in [0.2, 0.25) is 0 Å². The van der Waals surface area contributed by atoms with Gasteiger partial charge in [-0.2, -0.15) is 5.10 Å². The number of hydrogen-bond acceptors (Lipinski definition) is 4. The lowest BCUT2D eigenvalue weighted by Gasteiger charge is -2.21. The maximum absolute atomic E-state index is 10.3. The summed E-state index contributed by atoms with van der Waals surface area (Å²) < 4.78 is 1.73. The van der Waals surface area contributed by atoms with Crippen molar-refractivity contribution in [1.82, 2.24) is 20.1 Å². The average molecular weight is 322 g/mol. The number of aliphatic hydroxyl groups excluding tert-OH is 1. The number of nitrogens with zero attached hydrogens (tertiary/aromatic N) is 3. The summed E-state index contributed by atoms with van der Waals surface area (Å²) in [6, 6.07) is 16.1. The van der Waals surface area contributed by atoms with Crippen molar-refractivity contribution in [2.24, 2.45) is 0 Å². The van der Waals surface area contributed by atoms with Crippen molar-refractivity contribution in [2.75, 3.05) is 6.54 Å². The smallest absolute Gasteiger partial charge is 0.0860 e. The number of aliphatic hydroxyl groups is 1. The molecule has 0 amide bonds. The molecule has 24 heavy (non-hydrogen) atoms. The van der Waals surface area contributed by atoms with E-state index in [1.165, 1.54) is 5.56 Å². The topological polar surface area (TPSA) is 63.0 Å². The molecule has 0 bridgehead atoms. The van der Waals surface area contributed by atoms with Gasteiger partial charge in [-0.15, -0.1) is 0 Å². The zero-order valence-electron chi connectivity index (χ0n) is 13.7. The predicted octanol–water partition coefficient (Wildman–Crippen LogP) is 2.33. The van der Waals surface area contributed by atoms with Crippen LogP contribution in [0.4, 0.5) is 0 Å². The van der Waals surface area contributed by atoms with E-state index in [1.807, 2.05) is 30.5 Å². The molecule has 5 heteroatoms. The summed E-state index contributed by atoms with van der Waals surface area (Å²) in [4.78, 5) is 4.47. The van der Waals surface area contributed by atoms with Crippen molar-refractivity contribution in [1.29, 1.82) is 0 Å². The fraction of sp³-hybridized carbons (Fsp3) is 0.263. The molecule has 2 N–H and O–H groups in total. The number of benzene rings is 1. The van der Waals surface area contributed by atoms with Crippen LogP contribution in [0.3, 0.4) is 0 Å². The Labute approximate surface area is 142 Å². The first-order chi connectivity index (χ1) is 11.7. The van der Waals surface area contributed by atoms with E-state index in [0.29, 0.717) is 13.1 Å².